The highest BCUT2D eigenvalue weighted by atomic mass is 19.1. The third-order valence-corrected chi connectivity index (χ3v) is 15.2. The van der Waals surface area contributed by atoms with Crippen LogP contribution in [-0.4, -0.2) is 58.5 Å². The van der Waals surface area contributed by atoms with Gasteiger partial charge in [0.15, 0.2) is 23.8 Å². The van der Waals surface area contributed by atoms with Crippen LogP contribution in [0.2, 0.25) is 0 Å². The lowest BCUT2D eigenvalue weighted by molar-refractivity contribution is -0.571. The van der Waals surface area contributed by atoms with E-state index in [4.69, 9.17) is 38.5 Å². The number of pyridine rings is 1. The first-order chi connectivity index (χ1) is 24.8. The summed E-state index contributed by atoms with van der Waals surface area (Å²) in [5.41, 5.74) is -0.613. The van der Waals surface area contributed by atoms with E-state index >= 15 is 0 Å². The molecule has 1 aromatic heterocycles. The van der Waals surface area contributed by atoms with Crippen LogP contribution in [0.15, 0.2) is 18.3 Å². The third-order valence-electron chi connectivity index (χ3n) is 15.2. The standard InChI is InChI=1S/C40H57FN2O9/c1-21-7-10-29-23(3)31(45-35-39(29)27(21)13-15-37(5,47-35)49-51-39)17-26(34(44)43-20-25-9-12-33(41)42-19-25)18-32-24(4)30-11-8-22(2)28-14-16-38(6)48-36(46-32)40(28,30)52-50-38/h9,12,19,21-24,26-32,35-36H,7-8,10-11,13-18,20H2,1-6H3,(H,43,44)/t21-,22-,23-,24-,26?,27+,28+,29+,30+,31-,32-,35-,36-,37?,38?,39-,40-/m1/s1. The van der Waals surface area contributed by atoms with Crippen molar-refractivity contribution in [2.75, 3.05) is 0 Å². The molecule has 1 N–H and O–H groups in total. The van der Waals surface area contributed by atoms with Crippen molar-refractivity contribution < 1.29 is 47.7 Å². The van der Waals surface area contributed by atoms with Crippen molar-refractivity contribution in [2.24, 2.45) is 53.3 Å². The minimum absolute atomic E-state index is 0.0912. The third kappa shape index (κ3) is 5.55. The molecule has 8 aliphatic heterocycles. The zero-order chi connectivity index (χ0) is 36.2. The molecule has 11 rings (SSSR count). The smallest absolute Gasteiger partial charge is 0.223 e. The number of carbonyl (C=O) groups excluding carboxylic acids is 1. The predicted octanol–water partition coefficient (Wildman–Crippen LogP) is 6.73. The summed E-state index contributed by atoms with van der Waals surface area (Å²) in [5.74, 6) is -0.869. The van der Waals surface area contributed by atoms with Gasteiger partial charge in [-0.2, -0.15) is 4.39 Å². The van der Waals surface area contributed by atoms with Crippen molar-refractivity contribution in [3.05, 3.63) is 29.8 Å². The van der Waals surface area contributed by atoms with Crippen LogP contribution in [0.5, 0.6) is 0 Å². The second kappa shape index (κ2) is 12.9. The van der Waals surface area contributed by atoms with E-state index in [9.17, 15) is 9.18 Å². The van der Waals surface area contributed by atoms with E-state index in [1.165, 1.54) is 12.3 Å². The highest BCUT2D eigenvalue weighted by molar-refractivity contribution is 5.78. The maximum atomic E-state index is 14.4. The van der Waals surface area contributed by atoms with Gasteiger partial charge >= 0.3 is 0 Å². The van der Waals surface area contributed by atoms with E-state index in [0.717, 1.165) is 56.9 Å². The maximum absolute atomic E-state index is 14.4. The fourth-order valence-corrected chi connectivity index (χ4v) is 12.2. The summed E-state index contributed by atoms with van der Waals surface area (Å²) in [6.07, 6.45) is 8.38. The summed E-state index contributed by atoms with van der Waals surface area (Å²) < 4.78 is 40.9. The molecule has 11 nitrogen and oxygen atoms in total. The van der Waals surface area contributed by atoms with Gasteiger partial charge in [-0.1, -0.05) is 33.8 Å². The van der Waals surface area contributed by atoms with Gasteiger partial charge in [-0.05, 0) is 112 Å². The summed E-state index contributed by atoms with van der Waals surface area (Å²) in [4.78, 5) is 43.1. The molecular formula is C40H57FN2O9. The number of aromatic nitrogens is 1. The Morgan fingerprint density at radius 2 is 1.29 bits per heavy atom. The van der Waals surface area contributed by atoms with Crippen LogP contribution in [0.25, 0.3) is 0 Å². The lowest BCUT2D eigenvalue weighted by Gasteiger charge is -2.61. The quantitative estimate of drug-likeness (QED) is 0.239. The Morgan fingerprint density at radius 1 is 0.769 bits per heavy atom. The van der Waals surface area contributed by atoms with Crippen LogP contribution in [0.1, 0.15) is 111 Å². The monoisotopic (exact) mass is 728 g/mol. The molecule has 2 aliphatic carbocycles. The first-order valence-electron chi connectivity index (χ1n) is 20.1. The molecule has 2 spiro atoms. The molecule has 4 bridgehead atoms. The molecular weight excluding hydrogens is 671 g/mol. The molecule has 288 valence electrons. The van der Waals surface area contributed by atoms with Crippen LogP contribution in [0.3, 0.4) is 0 Å². The van der Waals surface area contributed by atoms with Crippen molar-refractivity contribution in [3.8, 4) is 0 Å². The molecule has 16 atom stereocenters. The lowest BCUT2D eigenvalue weighted by atomic mass is 9.56. The number of ether oxygens (including phenoxy) is 4. The second-order valence-electron chi connectivity index (χ2n) is 18.3. The van der Waals surface area contributed by atoms with E-state index in [-0.39, 0.29) is 60.2 Å². The van der Waals surface area contributed by atoms with Crippen LogP contribution in [0, 0.1) is 59.2 Å². The fourth-order valence-electron chi connectivity index (χ4n) is 12.2. The van der Waals surface area contributed by atoms with Gasteiger partial charge in [0.25, 0.3) is 0 Å². The molecule has 12 heteroatoms. The Bertz CT molecular complexity index is 1440. The van der Waals surface area contributed by atoms with Crippen LogP contribution in [0.4, 0.5) is 4.39 Å². The van der Waals surface area contributed by atoms with Gasteiger partial charge in [-0.25, -0.2) is 24.5 Å². The highest BCUT2D eigenvalue weighted by Crippen LogP contribution is 2.63. The van der Waals surface area contributed by atoms with Gasteiger partial charge in [-0.3, -0.25) is 4.79 Å². The normalized spacial score (nSPS) is 51.1. The molecule has 1 amide bonds. The second-order valence-corrected chi connectivity index (χ2v) is 18.3. The Labute approximate surface area is 306 Å². The van der Waals surface area contributed by atoms with Gasteiger partial charge in [-0.15, -0.1) is 0 Å². The SMILES string of the molecule is C[C@H]1[C@@H](CC(C[C@H]2O[C@@H]3OC4(C)CC[C@H]5[C@H](C)CC[C@@H]([C@H]2C)[C@@]35OO4)C(=O)NCc2ccc(F)nc2)O[C@@H]2OC3(C)CC[C@H]4[C@H](C)CC[C@@H]1[C@@]24OO3. The molecule has 9 heterocycles. The van der Waals surface area contributed by atoms with Gasteiger partial charge in [0.1, 0.15) is 0 Å². The first kappa shape index (κ1) is 35.9. The maximum Gasteiger partial charge on any atom is 0.223 e. The Balaban J connectivity index is 1.00. The molecule has 8 saturated heterocycles. The average molecular weight is 729 g/mol. The summed E-state index contributed by atoms with van der Waals surface area (Å²) in [6, 6.07) is 2.97. The first-order valence-corrected chi connectivity index (χ1v) is 20.1. The number of hydrogen-bond donors (Lipinski definition) is 1. The average Bonchev–Trinajstić information content (AvgIpc) is 3.49. The van der Waals surface area contributed by atoms with E-state index in [1.54, 1.807) is 6.07 Å². The van der Waals surface area contributed by atoms with E-state index in [0.29, 0.717) is 24.7 Å². The van der Waals surface area contributed by atoms with Gasteiger partial charge in [0.2, 0.25) is 23.4 Å². The Hall–Kier alpha value is -1.77. The van der Waals surface area contributed by atoms with Crippen molar-refractivity contribution in [3.63, 3.8) is 0 Å². The number of nitrogens with one attached hydrogen (secondary N) is 1. The van der Waals surface area contributed by atoms with Gasteiger partial charge < -0.3 is 24.3 Å². The number of carbonyl (C=O) groups is 1. The minimum Gasteiger partial charge on any atom is -0.352 e. The van der Waals surface area contributed by atoms with Crippen molar-refractivity contribution in [1.82, 2.24) is 10.3 Å². The molecule has 2 unspecified atom stereocenters. The van der Waals surface area contributed by atoms with Crippen molar-refractivity contribution >= 4 is 5.91 Å². The van der Waals surface area contributed by atoms with Crippen LogP contribution < -0.4 is 5.32 Å². The zero-order valence-corrected chi connectivity index (χ0v) is 31.5. The molecule has 52 heavy (non-hydrogen) atoms. The predicted molar refractivity (Wildman–Crippen MR) is 182 cm³/mol. The summed E-state index contributed by atoms with van der Waals surface area (Å²) in [5, 5.41) is 3.16. The largest absolute Gasteiger partial charge is 0.352 e. The minimum atomic E-state index is -0.875. The molecule has 10 aliphatic rings. The van der Waals surface area contributed by atoms with E-state index in [2.05, 4.69) is 38.0 Å². The Kier molecular flexibility index (Phi) is 8.90. The van der Waals surface area contributed by atoms with Crippen LogP contribution >= 0.6 is 0 Å². The van der Waals surface area contributed by atoms with E-state index < -0.39 is 47.2 Å². The number of amides is 1. The zero-order valence-electron chi connectivity index (χ0n) is 31.5. The van der Waals surface area contributed by atoms with Crippen LogP contribution in [-0.2, 0) is 49.8 Å². The summed E-state index contributed by atoms with van der Waals surface area (Å²) in [6.45, 7) is 13.2. The summed E-state index contributed by atoms with van der Waals surface area (Å²) in [7, 11) is 0. The van der Waals surface area contributed by atoms with Crippen molar-refractivity contribution in [1.29, 1.82) is 0 Å². The van der Waals surface area contributed by atoms with Gasteiger partial charge in [0, 0.05) is 43.3 Å². The molecule has 0 radical (unpaired) electrons. The Morgan fingerprint density at radius 3 is 1.77 bits per heavy atom. The van der Waals surface area contributed by atoms with E-state index in [1.807, 2.05) is 13.8 Å². The highest BCUT2D eigenvalue weighted by Gasteiger charge is 2.71. The summed E-state index contributed by atoms with van der Waals surface area (Å²) >= 11 is 0. The lowest BCUT2D eigenvalue weighted by Crippen LogP contribution is -2.70. The van der Waals surface area contributed by atoms with Gasteiger partial charge in [0.05, 0.1) is 12.2 Å². The number of hydrogen-bond acceptors (Lipinski definition) is 10. The molecule has 0 aromatic carbocycles. The topological polar surface area (TPSA) is 116 Å². The fraction of sp³-hybridized carbons (Fsp3) is 0.850. The number of rotatable bonds is 7. The number of fused-ring (bicyclic) bond motifs is 4. The van der Waals surface area contributed by atoms with Crippen molar-refractivity contribution in [2.45, 2.75) is 160 Å². The number of halogens is 1. The molecule has 2 saturated carbocycles. The number of nitrogens with zero attached hydrogens (tertiary/aromatic N) is 1. The molecule has 10 fully saturated rings. The molecule has 1 aromatic rings.